The van der Waals surface area contributed by atoms with Gasteiger partial charge in [-0.2, -0.15) is 0 Å². The van der Waals surface area contributed by atoms with E-state index in [2.05, 4.69) is 5.32 Å². The van der Waals surface area contributed by atoms with Crippen LogP contribution in [0.3, 0.4) is 0 Å². The fraction of sp³-hybridized carbons (Fsp3) is 0.500. The zero-order valence-corrected chi connectivity index (χ0v) is 11.3. The molecule has 2 rings (SSSR count). The highest BCUT2D eigenvalue weighted by Gasteiger charge is 2.23. The number of piperidine rings is 1. The molecule has 1 heterocycles. The van der Waals surface area contributed by atoms with E-state index >= 15 is 0 Å². The van der Waals surface area contributed by atoms with Crippen molar-refractivity contribution in [3.63, 3.8) is 0 Å². The molecule has 4 nitrogen and oxygen atoms in total. The van der Waals surface area contributed by atoms with E-state index in [1.807, 2.05) is 7.05 Å². The highest BCUT2D eigenvalue weighted by molar-refractivity contribution is 5.94. The molecule has 1 amide bonds. The Balaban J connectivity index is 2.06. The fourth-order valence-corrected chi connectivity index (χ4v) is 2.35. The number of benzene rings is 1. The molecule has 5 heteroatoms. The Morgan fingerprint density at radius 2 is 2.11 bits per heavy atom. The number of nitrogens with one attached hydrogen (secondary N) is 1. The third-order valence-corrected chi connectivity index (χ3v) is 3.59. The Bertz CT molecular complexity index is 457. The number of hydrogen-bond acceptors (Lipinski definition) is 3. The average Bonchev–Trinajstić information content (AvgIpc) is 2.46. The molecule has 0 radical (unpaired) electrons. The van der Waals surface area contributed by atoms with E-state index in [1.54, 1.807) is 11.0 Å². The number of likely N-dealkylation sites (tertiary alicyclic amines) is 1. The second-order valence-electron chi connectivity index (χ2n) is 4.70. The van der Waals surface area contributed by atoms with Crippen molar-refractivity contribution >= 4 is 5.91 Å². The molecule has 0 bridgehead atoms. The summed E-state index contributed by atoms with van der Waals surface area (Å²) < 4.78 is 18.4. The van der Waals surface area contributed by atoms with Crippen LogP contribution in [0.15, 0.2) is 18.2 Å². The molecular weight excluding hydrogens is 247 g/mol. The van der Waals surface area contributed by atoms with Crippen LogP contribution in [0.4, 0.5) is 4.39 Å². The molecule has 0 unspecified atom stereocenters. The van der Waals surface area contributed by atoms with E-state index in [9.17, 15) is 9.18 Å². The zero-order valence-electron chi connectivity index (χ0n) is 11.3. The molecule has 19 heavy (non-hydrogen) atoms. The van der Waals surface area contributed by atoms with Gasteiger partial charge in [-0.1, -0.05) is 0 Å². The SMILES string of the molecule is CNC1CCN(C(=O)c2ccc(OC)c(F)c2)CC1. The van der Waals surface area contributed by atoms with Gasteiger partial charge in [-0.05, 0) is 38.1 Å². The van der Waals surface area contributed by atoms with E-state index in [0.29, 0.717) is 24.7 Å². The Hall–Kier alpha value is -1.62. The van der Waals surface area contributed by atoms with Gasteiger partial charge < -0.3 is 15.0 Å². The van der Waals surface area contributed by atoms with Crippen LogP contribution in [0, 0.1) is 5.82 Å². The van der Waals surface area contributed by atoms with Crippen molar-refractivity contribution < 1.29 is 13.9 Å². The van der Waals surface area contributed by atoms with Gasteiger partial charge in [-0.25, -0.2) is 4.39 Å². The lowest BCUT2D eigenvalue weighted by Crippen LogP contribution is -2.43. The maximum Gasteiger partial charge on any atom is 0.253 e. The lowest BCUT2D eigenvalue weighted by Gasteiger charge is -2.31. The minimum absolute atomic E-state index is 0.115. The summed E-state index contributed by atoms with van der Waals surface area (Å²) in [4.78, 5) is 14.0. The first-order valence-electron chi connectivity index (χ1n) is 6.45. The maximum atomic E-state index is 13.6. The summed E-state index contributed by atoms with van der Waals surface area (Å²) in [5.41, 5.74) is 0.376. The summed E-state index contributed by atoms with van der Waals surface area (Å²) >= 11 is 0. The Morgan fingerprint density at radius 1 is 1.42 bits per heavy atom. The van der Waals surface area contributed by atoms with Crippen LogP contribution < -0.4 is 10.1 Å². The molecule has 0 atom stereocenters. The molecule has 0 saturated carbocycles. The van der Waals surface area contributed by atoms with Gasteiger partial charge in [0.2, 0.25) is 0 Å². The van der Waals surface area contributed by atoms with Crippen molar-refractivity contribution in [2.45, 2.75) is 18.9 Å². The zero-order chi connectivity index (χ0) is 13.8. The van der Waals surface area contributed by atoms with Gasteiger partial charge in [0.15, 0.2) is 11.6 Å². The topological polar surface area (TPSA) is 41.6 Å². The lowest BCUT2D eigenvalue weighted by atomic mass is 10.0. The van der Waals surface area contributed by atoms with E-state index < -0.39 is 5.82 Å². The quantitative estimate of drug-likeness (QED) is 0.904. The van der Waals surface area contributed by atoms with Crippen LogP contribution in [0.5, 0.6) is 5.75 Å². The molecule has 1 aromatic rings. The maximum absolute atomic E-state index is 13.6. The van der Waals surface area contributed by atoms with Gasteiger partial charge >= 0.3 is 0 Å². The van der Waals surface area contributed by atoms with Gasteiger partial charge in [0, 0.05) is 24.7 Å². The first-order chi connectivity index (χ1) is 9.15. The second-order valence-corrected chi connectivity index (χ2v) is 4.70. The highest BCUT2D eigenvalue weighted by atomic mass is 19.1. The number of nitrogens with zero attached hydrogens (tertiary/aromatic N) is 1. The van der Waals surface area contributed by atoms with Crippen LogP contribution in [-0.2, 0) is 0 Å². The molecular formula is C14H19FN2O2. The van der Waals surface area contributed by atoms with Crippen molar-refractivity contribution in [2.24, 2.45) is 0 Å². The molecule has 1 aliphatic rings. The summed E-state index contributed by atoms with van der Waals surface area (Å²) in [6.45, 7) is 1.41. The Kier molecular flexibility index (Phi) is 4.37. The van der Waals surface area contributed by atoms with Crippen LogP contribution >= 0.6 is 0 Å². The third kappa shape index (κ3) is 3.04. The predicted molar refractivity (Wildman–Crippen MR) is 70.9 cm³/mol. The Morgan fingerprint density at radius 3 is 2.63 bits per heavy atom. The smallest absolute Gasteiger partial charge is 0.253 e. The number of carbonyl (C=O) groups is 1. The number of halogens is 1. The number of rotatable bonds is 3. The number of hydrogen-bond donors (Lipinski definition) is 1. The van der Waals surface area contributed by atoms with Gasteiger partial charge in [-0.3, -0.25) is 4.79 Å². The molecule has 104 valence electrons. The second kappa shape index (κ2) is 6.02. The van der Waals surface area contributed by atoms with Crippen molar-refractivity contribution in [3.05, 3.63) is 29.6 Å². The third-order valence-electron chi connectivity index (χ3n) is 3.59. The lowest BCUT2D eigenvalue weighted by molar-refractivity contribution is 0.0707. The fourth-order valence-electron chi connectivity index (χ4n) is 2.35. The summed E-state index contributed by atoms with van der Waals surface area (Å²) in [6, 6.07) is 4.81. The van der Waals surface area contributed by atoms with Gasteiger partial charge in [0.05, 0.1) is 7.11 Å². The highest BCUT2D eigenvalue weighted by Crippen LogP contribution is 2.20. The largest absolute Gasteiger partial charge is 0.494 e. The molecule has 1 aromatic carbocycles. The number of amides is 1. The van der Waals surface area contributed by atoms with Gasteiger partial charge in [-0.15, -0.1) is 0 Å². The molecule has 0 aromatic heterocycles. The van der Waals surface area contributed by atoms with Crippen molar-refractivity contribution in [1.82, 2.24) is 10.2 Å². The van der Waals surface area contributed by atoms with E-state index in [0.717, 1.165) is 12.8 Å². The molecule has 1 saturated heterocycles. The molecule has 1 fully saturated rings. The number of carbonyl (C=O) groups excluding carboxylic acids is 1. The van der Waals surface area contributed by atoms with E-state index in [-0.39, 0.29) is 11.7 Å². The number of ether oxygens (including phenoxy) is 1. The van der Waals surface area contributed by atoms with Gasteiger partial charge in [0.25, 0.3) is 5.91 Å². The van der Waals surface area contributed by atoms with E-state index in [1.165, 1.54) is 19.2 Å². The summed E-state index contributed by atoms with van der Waals surface area (Å²) in [5, 5.41) is 3.21. The summed E-state index contributed by atoms with van der Waals surface area (Å²) in [6.07, 6.45) is 1.86. The molecule has 1 N–H and O–H groups in total. The van der Waals surface area contributed by atoms with Gasteiger partial charge in [0.1, 0.15) is 0 Å². The number of methoxy groups -OCH3 is 1. The van der Waals surface area contributed by atoms with Crippen molar-refractivity contribution in [1.29, 1.82) is 0 Å². The summed E-state index contributed by atoms with van der Waals surface area (Å²) in [5.74, 6) is -0.458. The van der Waals surface area contributed by atoms with Crippen molar-refractivity contribution in [2.75, 3.05) is 27.2 Å². The van der Waals surface area contributed by atoms with Crippen LogP contribution in [0.25, 0.3) is 0 Å². The monoisotopic (exact) mass is 266 g/mol. The molecule has 1 aliphatic heterocycles. The van der Waals surface area contributed by atoms with Crippen LogP contribution in [0.1, 0.15) is 23.2 Å². The minimum atomic E-state index is -0.501. The average molecular weight is 266 g/mol. The molecule has 0 spiro atoms. The standard InChI is InChI=1S/C14H19FN2O2/c1-16-11-5-7-17(8-6-11)14(18)10-3-4-13(19-2)12(15)9-10/h3-4,9,11,16H,5-8H2,1-2H3. The van der Waals surface area contributed by atoms with E-state index in [4.69, 9.17) is 4.74 Å². The van der Waals surface area contributed by atoms with Crippen LogP contribution in [-0.4, -0.2) is 44.1 Å². The normalized spacial score (nSPS) is 16.5. The predicted octanol–water partition coefficient (Wildman–Crippen LogP) is 1.66. The molecule has 0 aliphatic carbocycles. The first-order valence-corrected chi connectivity index (χ1v) is 6.45. The Labute approximate surface area is 112 Å². The minimum Gasteiger partial charge on any atom is -0.494 e. The van der Waals surface area contributed by atoms with Crippen molar-refractivity contribution in [3.8, 4) is 5.75 Å². The van der Waals surface area contributed by atoms with Crippen LogP contribution in [0.2, 0.25) is 0 Å². The first kappa shape index (κ1) is 13.8. The summed E-state index contributed by atoms with van der Waals surface area (Å²) in [7, 11) is 3.34.